The molecule has 2 heterocycles. The number of fused-ring (bicyclic) bond motifs is 4. The van der Waals surface area contributed by atoms with E-state index in [0.29, 0.717) is 49.7 Å². The first-order chi connectivity index (χ1) is 18.7. The third-order valence-electron chi connectivity index (χ3n) is 7.03. The van der Waals surface area contributed by atoms with Gasteiger partial charge in [-0.3, -0.25) is 0 Å². The predicted octanol–water partition coefficient (Wildman–Crippen LogP) is 5.48. The zero-order valence-corrected chi connectivity index (χ0v) is 21.0. The number of hydrogen-bond acceptors (Lipinski definition) is 7. The second kappa shape index (κ2) is 9.07. The third kappa shape index (κ3) is 4.00. The average Bonchev–Trinajstić information content (AvgIpc) is 2.92. The number of nitrogens with zero attached hydrogens (tertiary/aromatic N) is 4. The van der Waals surface area contributed by atoms with E-state index in [9.17, 15) is 24.9 Å². The molecule has 6 rings (SSSR count). The fraction of sp³-hybridized carbons (Fsp3) is 0.133. The maximum atomic E-state index is 12.3. The SMILES string of the molecule is CC(O)c1cccc2nc3c(C(=O)O)cc(C(C)c4cccc5nc6c(C(=O)O)cccc6nc45)cc3nc12. The Bertz CT molecular complexity index is 1990. The number of aromatic carboxylic acids is 2. The van der Waals surface area contributed by atoms with Gasteiger partial charge < -0.3 is 15.3 Å². The molecule has 39 heavy (non-hydrogen) atoms. The maximum absolute atomic E-state index is 12.3. The first kappa shape index (κ1) is 24.3. The van der Waals surface area contributed by atoms with Crippen molar-refractivity contribution in [3.8, 4) is 0 Å². The lowest BCUT2D eigenvalue weighted by atomic mass is 9.90. The molecule has 0 aliphatic heterocycles. The van der Waals surface area contributed by atoms with Crippen LogP contribution in [0.4, 0.5) is 0 Å². The Kier molecular flexibility index (Phi) is 5.66. The Morgan fingerprint density at radius 3 is 1.72 bits per heavy atom. The minimum atomic E-state index is -1.13. The van der Waals surface area contributed by atoms with Crippen LogP contribution in [0.25, 0.3) is 44.1 Å². The normalized spacial score (nSPS) is 13.2. The molecule has 2 unspecified atom stereocenters. The molecule has 3 N–H and O–H groups in total. The van der Waals surface area contributed by atoms with Crippen molar-refractivity contribution in [2.45, 2.75) is 25.9 Å². The number of aliphatic hydroxyl groups is 1. The van der Waals surface area contributed by atoms with Gasteiger partial charge in [0.1, 0.15) is 11.0 Å². The van der Waals surface area contributed by atoms with Crippen LogP contribution in [0.3, 0.4) is 0 Å². The molecule has 0 amide bonds. The number of benzene rings is 4. The summed E-state index contributed by atoms with van der Waals surface area (Å²) in [4.78, 5) is 42.7. The van der Waals surface area contributed by atoms with Gasteiger partial charge in [-0.05, 0) is 54.4 Å². The first-order valence-electron chi connectivity index (χ1n) is 12.3. The molecule has 0 radical (unpaired) electrons. The quantitative estimate of drug-likeness (QED) is 0.252. The molecule has 192 valence electrons. The van der Waals surface area contributed by atoms with E-state index in [1.807, 2.05) is 25.1 Å². The number of carboxylic acid groups (broad SMARTS) is 2. The smallest absolute Gasteiger partial charge is 0.337 e. The summed E-state index contributed by atoms with van der Waals surface area (Å²) in [5.74, 6) is -2.52. The topological polar surface area (TPSA) is 146 Å². The van der Waals surface area contributed by atoms with Crippen LogP contribution in [-0.4, -0.2) is 47.2 Å². The summed E-state index contributed by atoms with van der Waals surface area (Å²) in [6.07, 6.45) is -0.771. The summed E-state index contributed by atoms with van der Waals surface area (Å²) >= 11 is 0. The Balaban J connectivity index is 1.57. The standard InChI is InChI=1S/C30H22N4O5/c1-14(17-6-3-9-21-25(17)31-23-11-5-8-19(29(36)37)27(23)32-21)16-12-20(30(38)39)28-24(13-16)34-26-18(15(2)35)7-4-10-22(26)33-28/h3-15,35H,1-2H3,(H,36,37)(H,38,39). The van der Waals surface area contributed by atoms with Crippen molar-refractivity contribution in [1.29, 1.82) is 0 Å². The highest BCUT2D eigenvalue weighted by Crippen LogP contribution is 2.34. The average molecular weight is 519 g/mol. The fourth-order valence-corrected chi connectivity index (χ4v) is 5.04. The number of hydrogen-bond donors (Lipinski definition) is 3. The van der Waals surface area contributed by atoms with Crippen molar-refractivity contribution < 1.29 is 24.9 Å². The van der Waals surface area contributed by atoms with Crippen LogP contribution >= 0.6 is 0 Å². The van der Waals surface area contributed by atoms with Gasteiger partial charge in [0.2, 0.25) is 0 Å². The van der Waals surface area contributed by atoms with Crippen LogP contribution in [0, 0.1) is 0 Å². The molecular formula is C30H22N4O5. The molecule has 0 fully saturated rings. The van der Waals surface area contributed by atoms with E-state index < -0.39 is 18.0 Å². The molecule has 6 aromatic rings. The predicted molar refractivity (Wildman–Crippen MR) is 146 cm³/mol. The lowest BCUT2D eigenvalue weighted by Crippen LogP contribution is -2.06. The zero-order valence-electron chi connectivity index (χ0n) is 21.0. The highest BCUT2D eigenvalue weighted by Gasteiger charge is 2.21. The van der Waals surface area contributed by atoms with E-state index in [0.717, 1.165) is 5.56 Å². The maximum Gasteiger partial charge on any atom is 0.337 e. The van der Waals surface area contributed by atoms with Crippen LogP contribution in [0.2, 0.25) is 0 Å². The zero-order chi connectivity index (χ0) is 27.4. The van der Waals surface area contributed by atoms with Crippen molar-refractivity contribution in [2.75, 3.05) is 0 Å². The number of carboxylic acids is 2. The second-order valence-electron chi connectivity index (χ2n) is 9.49. The van der Waals surface area contributed by atoms with Crippen molar-refractivity contribution in [3.63, 3.8) is 0 Å². The number of aliphatic hydroxyl groups excluding tert-OH is 1. The highest BCUT2D eigenvalue weighted by molar-refractivity contribution is 6.04. The van der Waals surface area contributed by atoms with Gasteiger partial charge in [0, 0.05) is 11.5 Å². The van der Waals surface area contributed by atoms with Gasteiger partial charge in [-0.15, -0.1) is 0 Å². The molecule has 9 nitrogen and oxygen atoms in total. The van der Waals surface area contributed by atoms with Gasteiger partial charge in [0.15, 0.2) is 0 Å². The van der Waals surface area contributed by atoms with Crippen molar-refractivity contribution in [1.82, 2.24) is 19.9 Å². The van der Waals surface area contributed by atoms with E-state index >= 15 is 0 Å². The van der Waals surface area contributed by atoms with E-state index in [2.05, 4.69) is 9.97 Å². The Labute approximate surface area is 221 Å². The monoisotopic (exact) mass is 518 g/mol. The molecule has 0 saturated carbocycles. The fourth-order valence-electron chi connectivity index (χ4n) is 5.04. The van der Waals surface area contributed by atoms with Crippen molar-refractivity contribution >= 4 is 56.1 Å². The molecule has 0 aliphatic carbocycles. The van der Waals surface area contributed by atoms with Crippen LogP contribution in [-0.2, 0) is 0 Å². The van der Waals surface area contributed by atoms with E-state index in [1.54, 1.807) is 49.4 Å². The first-order valence-corrected chi connectivity index (χ1v) is 12.3. The largest absolute Gasteiger partial charge is 0.478 e. The van der Waals surface area contributed by atoms with Crippen LogP contribution in [0.5, 0.6) is 0 Å². The van der Waals surface area contributed by atoms with Crippen LogP contribution in [0.1, 0.15) is 63.3 Å². The third-order valence-corrected chi connectivity index (χ3v) is 7.03. The van der Waals surface area contributed by atoms with Gasteiger partial charge in [-0.25, -0.2) is 29.5 Å². The summed E-state index contributed by atoms with van der Waals surface area (Å²) in [6.45, 7) is 3.59. The summed E-state index contributed by atoms with van der Waals surface area (Å²) in [5, 5.41) is 29.9. The van der Waals surface area contributed by atoms with Gasteiger partial charge in [-0.2, -0.15) is 0 Å². The van der Waals surface area contributed by atoms with Crippen LogP contribution in [0.15, 0.2) is 66.7 Å². The van der Waals surface area contributed by atoms with E-state index in [4.69, 9.17) is 9.97 Å². The second-order valence-corrected chi connectivity index (χ2v) is 9.49. The van der Waals surface area contributed by atoms with Crippen LogP contribution < -0.4 is 0 Å². The molecule has 2 aromatic heterocycles. The number of rotatable bonds is 5. The molecule has 0 spiro atoms. The molecule has 0 saturated heterocycles. The summed E-state index contributed by atoms with van der Waals surface area (Å²) in [5.41, 5.74) is 5.76. The van der Waals surface area contributed by atoms with Gasteiger partial charge >= 0.3 is 11.9 Å². The highest BCUT2D eigenvalue weighted by atomic mass is 16.4. The van der Waals surface area contributed by atoms with Gasteiger partial charge in [0.05, 0.1) is 50.3 Å². The summed E-state index contributed by atoms with van der Waals surface area (Å²) < 4.78 is 0. The number of para-hydroxylation sites is 3. The summed E-state index contributed by atoms with van der Waals surface area (Å²) in [7, 11) is 0. The number of aromatic nitrogens is 4. The molecule has 0 aliphatic rings. The molecule has 9 heteroatoms. The molecule has 2 atom stereocenters. The van der Waals surface area contributed by atoms with Gasteiger partial charge in [-0.1, -0.05) is 37.3 Å². The minimum Gasteiger partial charge on any atom is -0.478 e. The van der Waals surface area contributed by atoms with E-state index in [1.165, 1.54) is 6.07 Å². The van der Waals surface area contributed by atoms with Crippen molar-refractivity contribution in [3.05, 3.63) is 94.5 Å². The lowest BCUT2D eigenvalue weighted by Gasteiger charge is -2.17. The van der Waals surface area contributed by atoms with E-state index in [-0.39, 0.29) is 22.6 Å². The summed E-state index contributed by atoms with van der Waals surface area (Å²) in [6, 6.07) is 19.0. The Hall–Kier alpha value is -5.02. The minimum absolute atomic E-state index is 0.0223. The van der Waals surface area contributed by atoms with Crippen molar-refractivity contribution in [2.24, 2.45) is 0 Å². The van der Waals surface area contributed by atoms with Gasteiger partial charge in [0.25, 0.3) is 0 Å². The molecule has 4 aromatic carbocycles. The lowest BCUT2D eigenvalue weighted by molar-refractivity contribution is 0.0688. The molecular weight excluding hydrogens is 496 g/mol. The Morgan fingerprint density at radius 2 is 1.10 bits per heavy atom. The Morgan fingerprint density at radius 1 is 0.615 bits per heavy atom. The molecule has 0 bridgehead atoms. The number of carbonyl (C=O) groups is 2.